The SMILES string of the molecule is COc1ccc(CN2CC3(c4ccccc4)OC(C(=O)O)C(O3)C2=O)cc1. The Morgan fingerprint density at radius 3 is 2.52 bits per heavy atom. The van der Waals surface area contributed by atoms with E-state index in [9.17, 15) is 14.7 Å². The first-order valence-corrected chi connectivity index (χ1v) is 8.58. The summed E-state index contributed by atoms with van der Waals surface area (Å²) in [5.74, 6) is -2.16. The van der Waals surface area contributed by atoms with Crippen molar-refractivity contribution in [2.45, 2.75) is 24.5 Å². The van der Waals surface area contributed by atoms with Crippen molar-refractivity contribution in [2.24, 2.45) is 0 Å². The molecule has 1 N–H and O–H groups in total. The van der Waals surface area contributed by atoms with E-state index in [-0.39, 0.29) is 12.5 Å². The number of carboxylic acid groups (broad SMARTS) is 1. The van der Waals surface area contributed by atoms with E-state index >= 15 is 0 Å². The molecular weight excluding hydrogens is 350 g/mol. The number of benzene rings is 2. The molecule has 2 fully saturated rings. The van der Waals surface area contributed by atoms with E-state index in [1.807, 2.05) is 54.6 Å². The summed E-state index contributed by atoms with van der Waals surface area (Å²) < 4.78 is 16.8. The Bertz CT molecular complexity index is 853. The Morgan fingerprint density at radius 1 is 1.19 bits per heavy atom. The van der Waals surface area contributed by atoms with E-state index in [2.05, 4.69) is 0 Å². The van der Waals surface area contributed by atoms with Crippen LogP contribution in [-0.4, -0.2) is 47.7 Å². The van der Waals surface area contributed by atoms with Gasteiger partial charge in [-0.2, -0.15) is 0 Å². The maximum absolute atomic E-state index is 12.8. The van der Waals surface area contributed by atoms with Crippen LogP contribution in [0.4, 0.5) is 0 Å². The largest absolute Gasteiger partial charge is 0.497 e. The highest BCUT2D eigenvalue weighted by molar-refractivity contribution is 5.89. The monoisotopic (exact) mass is 369 g/mol. The van der Waals surface area contributed by atoms with Crippen molar-refractivity contribution in [3.63, 3.8) is 0 Å². The normalized spacial score (nSPS) is 26.9. The van der Waals surface area contributed by atoms with Crippen LogP contribution in [0, 0.1) is 0 Å². The smallest absolute Gasteiger partial charge is 0.336 e. The van der Waals surface area contributed by atoms with Gasteiger partial charge in [-0.1, -0.05) is 42.5 Å². The van der Waals surface area contributed by atoms with Crippen LogP contribution in [0.5, 0.6) is 5.75 Å². The Kier molecular flexibility index (Phi) is 4.33. The topological polar surface area (TPSA) is 85.3 Å². The van der Waals surface area contributed by atoms with Gasteiger partial charge in [-0.3, -0.25) is 4.79 Å². The van der Waals surface area contributed by atoms with Crippen LogP contribution in [0.1, 0.15) is 11.1 Å². The number of rotatable bonds is 5. The fourth-order valence-corrected chi connectivity index (χ4v) is 3.51. The maximum atomic E-state index is 12.8. The summed E-state index contributed by atoms with van der Waals surface area (Å²) in [6, 6.07) is 16.5. The zero-order valence-electron chi connectivity index (χ0n) is 14.7. The lowest BCUT2D eigenvalue weighted by atomic mass is 10.0. The number of nitrogens with zero attached hydrogens (tertiary/aromatic N) is 1. The van der Waals surface area contributed by atoms with E-state index in [0.717, 1.165) is 11.3 Å². The molecule has 0 radical (unpaired) electrons. The number of fused-ring (bicyclic) bond motifs is 2. The van der Waals surface area contributed by atoms with Gasteiger partial charge in [0.15, 0.2) is 12.2 Å². The fourth-order valence-electron chi connectivity index (χ4n) is 3.51. The van der Waals surface area contributed by atoms with Gasteiger partial charge >= 0.3 is 5.97 Å². The summed E-state index contributed by atoms with van der Waals surface area (Å²) >= 11 is 0. The van der Waals surface area contributed by atoms with Gasteiger partial charge in [0.1, 0.15) is 5.75 Å². The lowest BCUT2D eigenvalue weighted by molar-refractivity contribution is -0.219. The van der Waals surface area contributed by atoms with Gasteiger partial charge in [-0.05, 0) is 17.7 Å². The predicted octanol–water partition coefficient (Wildman–Crippen LogP) is 1.76. The molecular formula is C20H19NO6. The van der Waals surface area contributed by atoms with Crippen molar-refractivity contribution in [1.29, 1.82) is 0 Å². The number of aliphatic carboxylic acids is 1. The molecule has 7 nitrogen and oxygen atoms in total. The third kappa shape index (κ3) is 3.05. The molecule has 2 heterocycles. The second-order valence-corrected chi connectivity index (χ2v) is 6.58. The summed E-state index contributed by atoms with van der Waals surface area (Å²) in [5, 5.41) is 9.48. The van der Waals surface area contributed by atoms with Crippen molar-refractivity contribution in [1.82, 2.24) is 4.90 Å². The Labute approximate surface area is 156 Å². The minimum absolute atomic E-state index is 0.113. The van der Waals surface area contributed by atoms with Crippen LogP contribution >= 0.6 is 0 Å². The Hall–Kier alpha value is -2.90. The third-order valence-corrected chi connectivity index (χ3v) is 4.85. The van der Waals surface area contributed by atoms with Crippen molar-refractivity contribution in [2.75, 3.05) is 13.7 Å². The number of hydrogen-bond donors (Lipinski definition) is 1. The quantitative estimate of drug-likeness (QED) is 0.864. The number of amides is 1. The number of morpholine rings is 1. The number of carboxylic acids is 1. The highest BCUT2D eigenvalue weighted by Gasteiger charge is 2.60. The van der Waals surface area contributed by atoms with Crippen LogP contribution in [-0.2, 0) is 31.4 Å². The Morgan fingerprint density at radius 2 is 1.89 bits per heavy atom. The molecule has 27 heavy (non-hydrogen) atoms. The molecule has 140 valence electrons. The van der Waals surface area contributed by atoms with Crippen molar-refractivity contribution in [3.05, 3.63) is 65.7 Å². The number of carbonyl (C=O) groups excluding carboxylic acids is 1. The number of methoxy groups -OCH3 is 1. The van der Waals surface area contributed by atoms with Crippen LogP contribution in [0.3, 0.4) is 0 Å². The minimum atomic E-state index is -1.33. The summed E-state index contributed by atoms with van der Waals surface area (Å²) in [4.78, 5) is 26.0. The van der Waals surface area contributed by atoms with E-state index in [4.69, 9.17) is 14.2 Å². The van der Waals surface area contributed by atoms with Gasteiger partial charge in [0.25, 0.3) is 5.91 Å². The van der Waals surface area contributed by atoms with E-state index < -0.39 is 24.0 Å². The lowest BCUT2D eigenvalue weighted by Gasteiger charge is -2.38. The second kappa shape index (κ2) is 6.68. The summed E-state index contributed by atoms with van der Waals surface area (Å²) in [7, 11) is 1.59. The maximum Gasteiger partial charge on any atom is 0.336 e. The first-order valence-electron chi connectivity index (χ1n) is 8.58. The van der Waals surface area contributed by atoms with Crippen molar-refractivity contribution in [3.8, 4) is 5.75 Å². The van der Waals surface area contributed by atoms with Gasteiger partial charge in [-0.25, -0.2) is 4.79 Å². The second-order valence-electron chi connectivity index (χ2n) is 6.58. The molecule has 4 rings (SSSR count). The molecule has 2 aromatic carbocycles. The predicted molar refractivity (Wildman–Crippen MR) is 93.9 cm³/mol. The molecule has 7 heteroatoms. The zero-order valence-corrected chi connectivity index (χ0v) is 14.7. The number of ether oxygens (including phenoxy) is 3. The molecule has 2 saturated heterocycles. The van der Waals surface area contributed by atoms with Gasteiger partial charge in [0, 0.05) is 12.1 Å². The molecule has 0 saturated carbocycles. The molecule has 2 bridgehead atoms. The Balaban J connectivity index is 1.65. The molecule has 1 amide bonds. The minimum Gasteiger partial charge on any atom is -0.497 e. The standard InChI is InChI=1S/C20H19NO6/c1-25-15-9-7-13(8-10-15)11-21-12-20(14-5-3-2-4-6-14)26-16(18(21)22)17(27-20)19(23)24/h2-10,16-17H,11-12H2,1H3,(H,23,24). The highest BCUT2D eigenvalue weighted by atomic mass is 16.8. The molecule has 3 unspecified atom stereocenters. The first-order chi connectivity index (χ1) is 13.0. The molecule has 3 atom stereocenters. The fraction of sp³-hybridized carbons (Fsp3) is 0.300. The average Bonchev–Trinajstić information content (AvgIpc) is 3.04. The van der Waals surface area contributed by atoms with E-state index in [0.29, 0.717) is 12.1 Å². The van der Waals surface area contributed by atoms with Crippen molar-refractivity contribution < 1.29 is 28.9 Å². The average molecular weight is 369 g/mol. The van der Waals surface area contributed by atoms with Gasteiger partial charge < -0.3 is 24.2 Å². The molecule has 0 aliphatic carbocycles. The van der Waals surface area contributed by atoms with E-state index in [1.165, 1.54) is 0 Å². The molecule has 2 aliphatic rings. The van der Waals surface area contributed by atoms with Crippen LogP contribution in [0.25, 0.3) is 0 Å². The van der Waals surface area contributed by atoms with Crippen LogP contribution in [0.2, 0.25) is 0 Å². The third-order valence-electron chi connectivity index (χ3n) is 4.85. The van der Waals surface area contributed by atoms with Gasteiger partial charge in [0.05, 0.1) is 13.7 Å². The van der Waals surface area contributed by atoms with Crippen LogP contribution < -0.4 is 4.74 Å². The molecule has 0 aromatic heterocycles. The summed E-state index contributed by atoms with van der Waals surface area (Å²) in [5.41, 5.74) is 1.59. The molecule has 0 spiro atoms. The lowest BCUT2D eigenvalue weighted by Crippen LogP contribution is -2.53. The number of carbonyl (C=O) groups is 2. The molecule has 2 aromatic rings. The van der Waals surface area contributed by atoms with Crippen LogP contribution in [0.15, 0.2) is 54.6 Å². The highest BCUT2D eigenvalue weighted by Crippen LogP contribution is 2.43. The molecule has 2 aliphatic heterocycles. The first kappa shape index (κ1) is 17.5. The summed E-state index contributed by atoms with van der Waals surface area (Å²) in [6.07, 6.45) is -2.51. The van der Waals surface area contributed by atoms with Gasteiger partial charge in [0.2, 0.25) is 5.79 Å². The number of hydrogen-bond acceptors (Lipinski definition) is 5. The summed E-state index contributed by atoms with van der Waals surface area (Å²) in [6.45, 7) is 0.440. The zero-order chi connectivity index (χ0) is 19.0. The van der Waals surface area contributed by atoms with E-state index in [1.54, 1.807) is 12.0 Å². The van der Waals surface area contributed by atoms with Crippen molar-refractivity contribution >= 4 is 11.9 Å². The van der Waals surface area contributed by atoms with Gasteiger partial charge in [-0.15, -0.1) is 0 Å².